The second-order valence-corrected chi connectivity index (χ2v) is 6.08. The fourth-order valence-corrected chi connectivity index (χ4v) is 2.88. The Kier molecular flexibility index (Phi) is 5.29. The summed E-state index contributed by atoms with van der Waals surface area (Å²) in [5.74, 6) is 0.545. The van der Waals surface area contributed by atoms with Crippen LogP contribution in [0.25, 0.3) is 0 Å². The molecule has 1 saturated heterocycles. The van der Waals surface area contributed by atoms with E-state index in [9.17, 15) is 9.59 Å². The minimum atomic E-state index is -0.102. The molecule has 0 unspecified atom stereocenters. The van der Waals surface area contributed by atoms with Crippen LogP contribution in [0.2, 0.25) is 5.02 Å². The van der Waals surface area contributed by atoms with E-state index in [4.69, 9.17) is 16.3 Å². The average Bonchev–Trinajstić information content (AvgIpc) is 2.53. The molecule has 0 bridgehead atoms. The van der Waals surface area contributed by atoms with E-state index in [1.165, 1.54) is 7.11 Å². The monoisotopic (exact) mass is 324 g/mol. The zero-order chi connectivity index (χ0) is 16.3. The predicted molar refractivity (Wildman–Crippen MR) is 85.3 cm³/mol. The van der Waals surface area contributed by atoms with Crippen molar-refractivity contribution in [2.24, 2.45) is 5.92 Å². The van der Waals surface area contributed by atoms with E-state index in [-0.39, 0.29) is 17.7 Å². The van der Waals surface area contributed by atoms with Crippen LogP contribution in [0.1, 0.15) is 23.2 Å². The molecule has 6 heteroatoms. The maximum Gasteiger partial charge on any atom is 0.257 e. The number of carbonyl (C=O) groups excluding carboxylic acids is 2. The molecule has 22 heavy (non-hydrogen) atoms. The van der Waals surface area contributed by atoms with Gasteiger partial charge in [0.05, 0.1) is 12.7 Å². The summed E-state index contributed by atoms with van der Waals surface area (Å²) in [6.45, 7) is 1.14. The van der Waals surface area contributed by atoms with Crippen LogP contribution in [-0.2, 0) is 4.79 Å². The first-order chi connectivity index (χ1) is 10.4. The minimum absolute atomic E-state index is 0.000284. The Morgan fingerprint density at radius 2 is 1.91 bits per heavy atom. The maximum atomic E-state index is 12.6. The van der Waals surface area contributed by atoms with E-state index in [1.807, 2.05) is 0 Å². The number of benzene rings is 1. The summed E-state index contributed by atoms with van der Waals surface area (Å²) in [7, 11) is 5.05. The second-order valence-electron chi connectivity index (χ2n) is 5.64. The molecule has 2 rings (SSSR count). The molecule has 1 aromatic rings. The number of likely N-dealkylation sites (tertiary alicyclic amines) is 1. The van der Waals surface area contributed by atoms with Gasteiger partial charge in [-0.25, -0.2) is 0 Å². The number of hydrogen-bond acceptors (Lipinski definition) is 3. The van der Waals surface area contributed by atoms with Crippen molar-refractivity contribution < 1.29 is 14.3 Å². The van der Waals surface area contributed by atoms with Gasteiger partial charge < -0.3 is 14.5 Å². The smallest absolute Gasteiger partial charge is 0.257 e. The number of halogens is 1. The lowest BCUT2D eigenvalue weighted by Crippen LogP contribution is -2.42. The first kappa shape index (κ1) is 16.6. The lowest BCUT2D eigenvalue weighted by molar-refractivity contribution is -0.134. The van der Waals surface area contributed by atoms with Crippen LogP contribution in [0.3, 0.4) is 0 Å². The summed E-state index contributed by atoms with van der Waals surface area (Å²) < 4.78 is 5.24. The van der Waals surface area contributed by atoms with Crippen LogP contribution in [0.5, 0.6) is 5.75 Å². The minimum Gasteiger partial charge on any atom is -0.496 e. The molecular weight excluding hydrogens is 304 g/mol. The summed E-state index contributed by atoms with van der Waals surface area (Å²) in [5.41, 5.74) is 0.465. The Morgan fingerprint density at radius 1 is 1.27 bits per heavy atom. The lowest BCUT2D eigenvalue weighted by Gasteiger charge is -2.32. The van der Waals surface area contributed by atoms with Gasteiger partial charge in [-0.05, 0) is 31.0 Å². The Labute approximate surface area is 135 Å². The van der Waals surface area contributed by atoms with Crippen molar-refractivity contribution in [1.29, 1.82) is 0 Å². The van der Waals surface area contributed by atoms with Gasteiger partial charge >= 0.3 is 0 Å². The third kappa shape index (κ3) is 3.53. The highest BCUT2D eigenvalue weighted by molar-refractivity contribution is 6.31. The van der Waals surface area contributed by atoms with Crippen LogP contribution in [0.15, 0.2) is 18.2 Å². The van der Waals surface area contributed by atoms with Gasteiger partial charge in [-0.3, -0.25) is 9.59 Å². The van der Waals surface area contributed by atoms with Crippen LogP contribution in [0, 0.1) is 5.92 Å². The molecule has 1 fully saturated rings. The Morgan fingerprint density at radius 3 is 2.45 bits per heavy atom. The first-order valence-electron chi connectivity index (χ1n) is 7.28. The van der Waals surface area contributed by atoms with Crippen LogP contribution in [-0.4, -0.2) is 55.9 Å². The molecule has 5 nitrogen and oxygen atoms in total. The highest BCUT2D eigenvalue weighted by Gasteiger charge is 2.29. The Balaban J connectivity index is 2.07. The predicted octanol–water partition coefficient (Wildman–Crippen LogP) is 2.29. The molecule has 0 aliphatic carbocycles. The van der Waals surface area contributed by atoms with E-state index in [2.05, 4.69) is 0 Å². The normalized spacial score (nSPS) is 15.5. The van der Waals surface area contributed by atoms with Crippen LogP contribution >= 0.6 is 11.6 Å². The number of piperidine rings is 1. The average molecular weight is 325 g/mol. The molecule has 0 aromatic heterocycles. The molecule has 2 amide bonds. The third-order valence-corrected chi connectivity index (χ3v) is 4.20. The number of carbonyl (C=O) groups is 2. The summed E-state index contributed by atoms with van der Waals surface area (Å²) >= 11 is 5.98. The molecule has 0 N–H and O–H groups in total. The van der Waals surface area contributed by atoms with Crippen molar-refractivity contribution in [3.05, 3.63) is 28.8 Å². The van der Waals surface area contributed by atoms with Gasteiger partial charge in [0.1, 0.15) is 5.75 Å². The van der Waals surface area contributed by atoms with Gasteiger partial charge in [0.15, 0.2) is 0 Å². The molecular formula is C16H21ClN2O3. The molecule has 0 radical (unpaired) electrons. The molecule has 120 valence electrons. The summed E-state index contributed by atoms with van der Waals surface area (Å²) in [6.07, 6.45) is 1.37. The van der Waals surface area contributed by atoms with Gasteiger partial charge in [0, 0.05) is 38.1 Å². The molecule has 0 saturated carbocycles. The van der Waals surface area contributed by atoms with E-state index >= 15 is 0 Å². The number of ether oxygens (including phenoxy) is 1. The lowest BCUT2D eigenvalue weighted by atomic mass is 9.95. The molecule has 1 aliphatic heterocycles. The highest BCUT2D eigenvalue weighted by Crippen LogP contribution is 2.26. The van der Waals surface area contributed by atoms with E-state index in [0.717, 1.165) is 0 Å². The molecule has 0 atom stereocenters. The number of methoxy groups -OCH3 is 1. The topological polar surface area (TPSA) is 49.9 Å². The molecule has 1 aromatic carbocycles. The van der Waals surface area contributed by atoms with Crippen LogP contribution in [0.4, 0.5) is 0 Å². The Bertz CT molecular complexity index is 567. The fraction of sp³-hybridized carbons (Fsp3) is 0.500. The van der Waals surface area contributed by atoms with Gasteiger partial charge in [0.2, 0.25) is 5.91 Å². The van der Waals surface area contributed by atoms with E-state index in [0.29, 0.717) is 42.3 Å². The van der Waals surface area contributed by atoms with Crippen molar-refractivity contribution in [3.63, 3.8) is 0 Å². The highest BCUT2D eigenvalue weighted by atomic mass is 35.5. The molecule has 1 heterocycles. The second kappa shape index (κ2) is 7.01. The quantitative estimate of drug-likeness (QED) is 0.857. The summed E-state index contributed by atoms with van der Waals surface area (Å²) in [6, 6.07) is 5.01. The SMILES string of the molecule is COc1ccc(Cl)cc1C(=O)N1CCC(C(=O)N(C)C)CC1. The largest absolute Gasteiger partial charge is 0.496 e. The van der Waals surface area contributed by atoms with Gasteiger partial charge in [-0.1, -0.05) is 11.6 Å². The van der Waals surface area contributed by atoms with Crippen LogP contribution < -0.4 is 4.74 Å². The van der Waals surface area contributed by atoms with Gasteiger partial charge in [0.25, 0.3) is 5.91 Å². The first-order valence-corrected chi connectivity index (χ1v) is 7.65. The van der Waals surface area contributed by atoms with Crippen molar-refractivity contribution >= 4 is 23.4 Å². The third-order valence-electron chi connectivity index (χ3n) is 3.96. The zero-order valence-corrected chi connectivity index (χ0v) is 13.9. The van der Waals surface area contributed by atoms with E-state index in [1.54, 1.807) is 42.1 Å². The zero-order valence-electron chi connectivity index (χ0n) is 13.1. The number of rotatable bonds is 3. The van der Waals surface area contributed by atoms with Crippen molar-refractivity contribution in [2.45, 2.75) is 12.8 Å². The van der Waals surface area contributed by atoms with Gasteiger partial charge in [-0.2, -0.15) is 0 Å². The summed E-state index contributed by atoms with van der Waals surface area (Å²) in [5, 5.41) is 0.502. The van der Waals surface area contributed by atoms with Crippen molar-refractivity contribution in [2.75, 3.05) is 34.3 Å². The summed E-state index contributed by atoms with van der Waals surface area (Å²) in [4.78, 5) is 28.0. The fourth-order valence-electron chi connectivity index (χ4n) is 2.71. The number of hydrogen-bond donors (Lipinski definition) is 0. The molecule has 0 spiro atoms. The van der Waals surface area contributed by atoms with Crippen molar-refractivity contribution in [3.8, 4) is 5.75 Å². The Hall–Kier alpha value is -1.75. The maximum absolute atomic E-state index is 12.6. The van der Waals surface area contributed by atoms with E-state index < -0.39 is 0 Å². The van der Waals surface area contributed by atoms with Gasteiger partial charge in [-0.15, -0.1) is 0 Å². The standard InChI is InChI=1S/C16H21ClN2O3/c1-18(2)15(20)11-6-8-19(9-7-11)16(21)13-10-12(17)4-5-14(13)22-3/h4-5,10-11H,6-9H2,1-3H3. The van der Waals surface area contributed by atoms with Crippen molar-refractivity contribution in [1.82, 2.24) is 9.80 Å². The number of amides is 2. The number of nitrogens with zero attached hydrogens (tertiary/aromatic N) is 2. The molecule has 1 aliphatic rings.